The predicted octanol–water partition coefficient (Wildman–Crippen LogP) is 3.84. The van der Waals surface area contributed by atoms with Gasteiger partial charge in [-0.3, -0.25) is 10.1 Å². The van der Waals surface area contributed by atoms with Crippen LogP contribution in [0.25, 0.3) is 10.9 Å². The lowest BCUT2D eigenvalue weighted by atomic mass is 10.1. The molecule has 4 nitrogen and oxygen atoms in total. The van der Waals surface area contributed by atoms with Crippen molar-refractivity contribution in [1.82, 2.24) is 4.57 Å². The summed E-state index contributed by atoms with van der Waals surface area (Å²) in [7, 11) is 0. The molecule has 1 aromatic carbocycles. The molecule has 0 atom stereocenters. The van der Waals surface area contributed by atoms with Crippen LogP contribution in [-0.4, -0.2) is 9.49 Å². The van der Waals surface area contributed by atoms with Crippen LogP contribution in [0.5, 0.6) is 0 Å². The minimum Gasteiger partial charge on any atom is -0.347 e. The molecule has 1 aromatic heterocycles. The van der Waals surface area contributed by atoms with E-state index < -0.39 is 0 Å². The Morgan fingerprint density at radius 2 is 2.22 bits per heavy atom. The first-order valence-electron chi connectivity index (χ1n) is 6.48. The number of nitro benzene ring substituents is 1. The van der Waals surface area contributed by atoms with Crippen LogP contribution in [0, 0.1) is 10.1 Å². The number of aryl methyl sites for hydroxylation is 1. The number of nitrogens with zero attached hydrogens (tertiary/aromatic N) is 2. The Labute approximate surface area is 105 Å². The molecular formula is C14H16N2O2. The molecule has 0 unspecified atom stereocenters. The molecule has 0 aliphatic heterocycles. The van der Waals surface area contributed by atoms with E-state index in [9.17, 15) is 10.1 Å². The molecule has 0 spiro atoms. The zero-order valence-corrected chi connectivity index (χ0v) is 10.4. The molecule has 2 aromatic rings. The highest BCUT2D eigenvalue weighted by Crippen LogP contribution is 2.44. The average Bonchev–Trinajstić information content (AvgIpc) is 3.11. The second-order valence-corrected chi connectivity index (χ2v) is 5.01. The average molecular weight is 244 g/mol. The lowest BCUT2D eigenvalue weighted by molar-refractivity contribution is -0.384. The molecule has 94 valence electrons. The molecule has 4 heteroatoms. The first kappa shape index (κ1) is 11.3. The number of benzene rings is 1. The minimum atomic E-state index is -0.289. The molecule has 1 saturated carbocycles. The molecular weight excluding hydrogens is 228 g/mol. The smallest absolute Gasteiger partial charge is 0.270 e. The van der Waals surface area contributed by atoms with Crippen molar-refractivity contribution < 1.29 is 4.92 Å². The number of rotatable bonds is 4. The summed E-state index contributed by atoms with van der Waals surface area (Å²) in [6.45, 7) is 3.12. The molecule has 0 amide bonds. The normalized spacial score (nSPS) is 15.2. The Bertz CT molecular complexity index is 612. The van der Waals surface area contributed by atoms with Crippen molar-refractivity contribution in [2.75, 3.05) is 0 Å². The number of aromatic nitrogens is 1. The van der Waals surface area contributed by atoms with Crippen molar-refractivity contribution in [3.05, 3.63) is 40.1 Å². The summed E-state index contributed by atoms with van der Waals surface area (Å²) in [6.07, 6.45) is 5.44. The van der Waals surface area contributed by atoms with Crippen molar-refractivity contribution in [2.45, 2.75) is 38.6 Å². The van der Waals surface area contributed by atoms with E-state index in [1.54, 1.807) is 12.1 Å². The van der Waals surface area contributed by atoms with Crippen molar-refractivity contribution in [2.24, 2.45) is 0 Å². The highest BCUT2D eigenvalue weighted by molar-refractivity contribution is 5.86. The fraction of sp³-hybridized carbons (Fsp3) is 0.429. The summed E-state index contributed by atoms with van der Waals surface area (Å²) in [4.78, 5) is 10.7. The van der Waals surface area contributed by atoms with Gasteiger partial charge in [0.1, 0.15) is 0 Å². The number of fused-ring (bicyclic) bond motifs is 1. The quantitative estimate of drug-likeness (QED) is 0.606. The predicted molar refractivity (Wildman–Crippen MR) is 70.9 cm³/mol. The molecule has 1 heterocycles. The molecule has 0 saturated heterocycles. The third-order valence-electron chi connectivity index (χ3n) is 3.57. The Hall–Kier alpha value is -1.84. The molecule has 1 aliphatic carbocycles. The van der Waals surface area contributed by atoms with Gasteiger partial charge in [-0.25, -0.2) is 0 Å². The van der Waals surface area contributed by atoms with Gasteiger partial charge in [-0.05, 0) is 36.8 Å². The molecule has 1 aliphatic rings. The zero-order chi connectivity index (χ0) is 12.7. The van der Waals surface area contributed by atoms with Crippen LogP contribution in [0.2, 0.25) is 0 Å². The number of hydrogen-bond acceptors (Lipinski definition) is 2. The van der Waals surface area contributed by atoms with Gasteiger partial charge in [-0.15, -0.1) is 0 Å². The Kier molecular flexibility index (Phi) is 2.58. The van der Waals surface area contributed by atoms with Crippen LogP contribution in [-0.2, 0) is 6.54 Å². The Morgan fingerprint density at radius 1 is 1.44 bits per heavy atom. The number of hydrogen-bond donors (Lipinski definition) is 0. The van der Waals surface area contributed by atoms with E-state index in [4.69, 9.17) is 0 Å². The Balaban J connectivity index is 2.22. The van der Waals surface area contributed by atoms with Gasteiger partial charge < -0.3 is 4.57 Å². The summed E-state index contributed by atoms with van der Waals surface area (Å²) < 4.78 is 2.23. The SMILES string of the molecule is CCCn1ccc2cc([N+](=O)[O-])cc(C3CC3)c21. The molecule has 1 fully saturated rings. The van der Waals surface area contributed by atoms with Gasteiger partial charge in [0, 0.05) is 30.3 Å². The van der Waals surface area contributed by atoms with Crippen LogP contribution in [0.4, 0.5) is 5.69 Å². The number of non-ortho nitro benzene ring substituents is 1. The maximum absolute atomic E-state index is 11.0. The van der Waals surface area contributed by atoms with E-state index in [0.717, 1.165) is 36.8 Å². The van der Waals surface area contributed by atoms with E-state index in [1.807, 2.05) is 12.3 Å². The van der Waals surface area contributed by atoms with Gasteiger partial charge in [0.15, 0.2) is 0 Å². The molecule has 0 radical (unpaired) electrons. The van der Waals surface area contributed by atoms with Crippen molar-refractivity contribution >= 4 is 16.6 Å². The molecule has 18 heavy (non-hydrogen) atoms. The minimum absolute atomic E-state index is 0.221. The van der Waals surface area contributed by atoms with Gasteiger partial charge in [0.2, 0.25) is 0 Å². The van der Waals surface area contributed by atoms with E-state index in [0.29, 0.717) is 5.92 Å². The van der Waals surface area contributed by atoms with Crippen molar-refractivity contribution in [3.63, 3.8) is 0 Å². The van der Waals surface area contributed by atoms with Crippen LogP contribution in [0.15, 0.2) is 24.4 Å². The first-order valence-corrected chi connectivity index (χ1v) is 6.48. The van der Waals surface area contributed by atoms with Crippen LogP contribution < -0.4 is 0 Å². The molecule has 0 bridgehead atoms. The summed E-state index contributed by atoms with van der Waals surface area (Å²) in [5.74, 6) is 0.526. The van der Waals surface area contributed by atoms with Gasteiger partial charge in [0.25, 0.3) is 5.69 Å². The first-order chi connectivity index (χ1) is 8.70. The third kappa shape index (κ3) is 1.78. The number of nitro groups is 1. The lowest BCUT2D eigenvalue weighted by Gasteiger charge is -2.08. The van der Waals surface area contributed by atoms with Crippen molar-refractivity contribution in [1.29, 1.82) is 0 Å². The summed E-state index contributed by atoms with van der Waals surface area (Å²) in [5, 5.41) is 12.0. The molecule has 0 N–H and O–H groups in total. The van der Waals surface area contributed by atoms with E-state index in [2.05, 4.69) is 11.5 Å². The van der Waals surface area contributed by atoms with Gasteiger partial charge in [-0.2, -0.15) is 0 Å². The zero-order valence-electron chi connectivity index (χ0n) is 10.4. The standard InChI is InChI=1S/C14H16N2O2/c1-2-6-15-7-5-11-8-12(16(17)18)9-13(14(11)15)10-3-4-10/h5,7-10H,2-4,6H2,1H3. The fourth-order valence-electron chi connectivity index (χ4n) is 2.61. The summed E-state index contributed by atoms with van der Waals surface area (Å²) >= 11 is 0. The largest absolute Gasteiger partial charge is 0.347 e. The Morgan fingerprint density at radius 3 is 2.83 bits per heavy atom. The highest BCUT2D eigenvalue weighted by Gasteiger charge is 2.28. The van der Waals surface area contributed by atoms with E-state index >= 15 is 0 Å². The lowest BCUT2D eigenvalue weighted by Crippen LogP contribution is -1.98. The monoisotopic (exact) mass is 244 g/mol. The second kappa shape index (κ2) is 4.12. The maximum Gasteiger partial charge on any atom is 0.270 e. The molecule has 3 rings (SSSR count). The van der Waals surface area contributed by atoms with Gasteiger partial charge in [0.05, 0.1) is 10.4 Å². The summed E-state index contributed by atoms with van der Waals surface area (Å²) in [5.41, 5.74) is 2.58. The summed E-state index contributed by atoms with van der Waals surface area (Å²) in [6, 6.07) is 5.45. The van der Waals surface area contributed by atoms with E-state index in [1.165, 1.54) is 5.52 Å². The topological polar surface area (TPSA) is 48.1 Å². The van der Waals surface area contributed by atoms with Gasteiger partial charge in [-0.1, -0.05) is 6.92 Å². The highest BCUT2D eigenvalue weighted by atomic mass is 16.6. The van der Waals surface area contributed by atoms with Crippen molar-refractivity contribution in [3.8, 4) is 0 Å². The fourth-order valence-corrected chi connectivity index (χ4v) is 2.61. The third-order valence-corrected chi connectivity index (χ3v) is 3.57. The second-order valence-electron chi connectivity index (χ2n) is 5.01. The van der Waals surface area contributed by atoms with Crippen LogP contribution in [0.1, 0.15) is 37.7 Å². The van der Waals surface area contributed by atoms with Crippen LogP contribution in [0.3, 0.4) is 0 Å². The van der Waals surface area contributed by atoms with E-state index in [-0.39, 0.29) is 10.6 Å². The van der Waals surface area contributed by atoms with Gasteiger partial charge >= 0.3 is 0 Å². The maximum atomic E-state index is 11.0. The van der Waals surface area contributed by atoms with Crippen LogP contribution >= 0.6 is 0 Å².